The summed E-state index contributed by atoms with van der Waals surface area (Å²) < 4.78 is 28.0. The predicted octanol–water partition coefficient (Wildman–Crippen LogP) is 3.75. The lowest BCUT2D eigenvalue weighted by Gasteiger charge is -2.33. The van der Waals surface area contributed by atoms with E-state index >= 15 is 0 Å². The summed E-state index contributed by atoms with van der Waals surface area (Å²) in [6.07, 6.45) is 11.4. The summed E-state index contributed by atoms with van der Waals surface area (Å²) >= 11 is 0. The maximum Gasteiger partial charge on any atom is 0.270 e. The summed E-state index contributed by atoms with van der Waals surface area (Å²) in [6, 6.07) is 12.9. The van der Waals surface area contributed by atoms with E-state index in [0.29, 0.717) is 68.1 Å². The number of pyridine rings is 1. The van der Waals surface area contributed by atoms with Gasteiger partial charge in [0.05, 0.1) is 70.5 Å². The van der Waals surface area contributed by atoms with Gasteiger partial charge >= 0.3 is 0 Å². The van der Waals surface area contributed by atoms with Crippen molar-refractivity contribution in [3.63, 3.8) is 0 Å². The minimum absolute atomic E-state index is 0.0505. The van der Waals surface area contributed by atoms with Crippen LogP contribution >= 0.6 is 0 Å². The molecule has 2 saturated carbocycles. The number of amides is 6. The second kappa shape index (κ2) is 20.3. The molecule has 3 fully saturated rings. The first-order valence-corrected chi connectivity index (χ1v) is 21.1. The van der Waals surface area contributed by atoms with Gasteiger partial charge in [0.1, 0.15) is 29.8 Å². The minimum atomic E-state index is -1.03. The average molecular weight is 852 g/mol. The van der Waals surface area contributed by atoms with Gasteiger partial charge in [-0.2, -0.15) is 0 Å². The first-order valence-electron chi connectivity index (χ1n) is 21.1. The molecule has 16 heteroatoms. The number of carbonyl (C=O) groups excluding carboxylic acids is 6. The normalized spacial score (nSPS) is 17.8. The largest absolute Gasteiger partial charge is 0.495 e. The van der Waals surface area contributed by atoms with Crippen LogP contribution in [0.25, 0.3) is 6.08 Å². The number of aromatic nitrogens is 1. The highest BCUT2D eigenvalue weighted by atomic mass is 16.6. The van der Waals surface area contributed by atoms with Crippen molar-refractivity contribution in [3.8, 4) is 11.5 Å². The first-order chi connectivity index (χ1) is 30.0. The average Bonchev–Trinajstić information content (AvgIpc) is 4.02. The van der Waals surface area contributed by atoms with Crippen LogP contribution in [0.15, 0.2) is 60.8 Å². The van der Waals surface area contributed by atoms with Crippen LogP contribution in [0.4, 0.5) is 0 Å². The fourth-order valence-corrected chi connectivity index (χ4v) is 7.96. The van der Waals surface area contributed by atoms with Crippen molar-refractivity contribution < 1.29 is 52.5 Å². The Bertz CT molecular complexity index is 2200. The minimum Gasteiger partial charge on any atom is -0.495 e. The number of benzene rings is 2. The summed E-state index contributed by atoms with van der Waals surface area (Å²) in [7, 11) is 3.33. The maximum atomic E-state index is 13.0. The van der Waals surface area contributed by atoms with Crippen LogP contribution < -0.4 is 20.1 Å². The first kappa shape index (κ1) is 44.1. The van der Waals surface area contributed by atoms with Gasteiger partial charge in [-0.05, 0) is 78.8 Å². The number of ether oxygens (including phenoxy) is 5. The second-order valence-electron chi connectivity index (χ2n) is 16.2. The van der Waals surface area contributed by atoms with Crippen molar-refractivity contribution >= 4 is 41.5 Å². The maximum absolute atomic E-state index is 13.0. The molecule has 328 valence electrons. The molecule has 2 aliphatic heterocycles. The van der Waals surface area contributed by atoms with Gasteiger partial charge in [0.15, 0.2) is 0 Å². The smallest absolute Gasteiger partial charge is 0.270 e. The van der Waals surface area contributed by atoms with Crippen LogP contribution in [0.2, 0.25) is 0 Å². The number of nitrogens with one attached hydrogen (secondary N) is 2. The van der Waals surface area contributed by atoms with E-state index in [9.17, 15) is 28.8 Å². The van der Waals surface area contributed by atoms with E-state index in [1.807, 2.05) is 30.3 Å². The highest BCUT2D eigenvalue weighted by molar-refractivity contribution is 6.23. The zero-order valence-corrected chi connectivity index (χ0v) is 35.2. The van der Waals surface area contributed by atoms with Gasteiger partial charge in [-0.15, -0.1) is 0 Å². The molecule has 7 rings (SSSR count). The number of hydrogen-bond donors (Lipinski definition) is 2. The van der Waals surface area contributed by atoms with Crippen LogP contribution in [0.3, 0.4) is 0 Å². The number of piperidine rings is 1. The van der Waals surface area contributed by atoms with Crippen LogP contribution in [0.1, 0.15) is 86.4 Å². The molecule has 16 nitrogen and oxygen atoms in total. The topological polar surface area (TPSA) is 192 Å². The fraction of sp³-hybridized carbons (Fsp3) is 0.457. The molecule has 1 atom stereocenters. The van der Waals surface area contributed by atoms with E-state index in [-0.39, 0.29) is 62.0 Å². The molecule has 2 N–H and O–H groups in total. The Hall–Kier alpha value is -5.97. The van der Waals surface area contributed by atoms with Gasteiger partial charge in [0, 0.05) is 32.1 Å². The second-order valence-corrected chi connectivity index (χ2v) is 16.2. The Morgan fingerprint density at radius 2 is 1.61 bits per heavy atom. The molecule has 1 aromatic heterocycles. The number of allylic oxidation sites excluding steroid dienone is 1. The van der Waals surface area contributed by atoms with Crippen molar-refractivity contribution in [2.75, 3.05) is 67.0 Å². The summed E-state index contributed by atoms with van der Waals surface area (Å²) in [5, 5.41) is 5.12. The van der Waals surface area contributed by atoms with E-state index in [2.05, 4.69) is 21.7 Å². The van der Waals surface area contributed by atoms with Gasteiger partial charge in [0.25, 0.3) is 17.7 Å². The number of fused-ring (bicyclic) bond motifs is 1. The Morgan fingerprint density at radius 1 is 0.903 bits per heavy atom. The Balaban J connectivity index is 0.720. The number of carbonyl (C=O) groups is 6. The SMILES string of the molecule is COc1cnc(C(=O)NCc2cccc(CC(=O)N(C)CCOCCOCCOCCOc3ccc4c(c3)C(=O)N(C3CCC(=O)NC3=O)C4=O)c2)cc1/C=C/C1CC2(CC2)C1. The third kappa shape index (κ3) is 11.1. The number of methoxy groups -OCH3 is 1. The lowest BCUT2D eigenvalue weighted by atomic mass is 9.72. The molecule has 1 unspecified atom stereocenters. The Labute approximate surface area is 360 Å². The van der Waals surface area contributed by atoms with Gasteiger partial charge < -0.3 is 33.9 Å². The van der Waals surface area contributed by atoms with Crippen molar-refractivity contribution in [2.45, 2.75) is 57.5 Å². The van der Waals surface area contributed by atoms with Crippen LogP contribution in [-0.2, 0) is 41.6 Å². The Morgan fingerprint density at radius 3 is 2.34 bits per heavy atom. The van der Waals surface area contributed by atoms with Gasteiger partial charge in [-0.25, -0.2) is 4.98 Å². The molecular weight excluding hydrogens is 799 g/mol. The molecular formula is C46H53N5O11. The van der Waals surface area contributed by atoms with E-state index in [4.69, 9.17) is 23.7 Å². The van der Waals surface area contributed by atoms with Crippen LogP contribution in [0, 0.1) is 11.3 Å². The Kier molecular flexibility index (Phi) is 14.4. The number of hydrogen-bond acceptors (Lipinski definition) is 12. The van der Waals surface area contributed by atoms with Gasteiger partial charge in [-0.3, -0.25) is 39.0 Å². The molecule has 2 aliphatic carbocycles. The molecule has 3 aromatic rings. The molecule has 1 saturated heterocycles. The summed E-state index contributed by atoms with van der Waals surface area (Å²) in [5.74, 6) is -1.03. The van der Waals surface area contributed by atoms with E-state index in [1.54, 1.807) is 37.4 Å². The van der Waals surface area contributed by atoms with Crippen LogP contribution in [0.5, 0.6) is 11.5 Å². The zero-order valence-electron chi connectivity index (χ0n) is 35.2. The third-order valence-electron chi connectivity index (χ3n) is 11.7. The molecule has 62 heavy (non-hydrogen) atoms. The number of rotatable bonds is 22. The molecule has 4 aliphatic rings. The summed E-state index contributed by atoms with van der Waals surface area (Å²) in [6.45, 7) is 2.88. The van der Waals surface area contributed by atoms with E-state index < -0.39 is 29.7 Å². The molecule has 0 radical (unpaired) electrons. The van der Waals surface area contributed by atoms with Crippen molar-refractivity contribution in [3.05, 3.63) is 94.3 Å². The molecule has 3 heterocycles. The quantitative estimate of drug-likeness (QED) is 0.110. The standard InChI is InChI=1S/C46H53N5O11/c1-50(41(53)23-30-4-3-5-31(22-30)28-48-42(54)37-24-33(39(58-2)29-47-37)7-6-32-26-46(27-32)12-13-46)14-15-59-16-17-60-18-19-61-20-21-62-34-8-9-35-36(25-34)45(57)51(44(35)56)38-10-11-40(52)49-43(38)55/h3-9,22,24-25,29,32,38H,10-21,23,26-28H2,1-2H3,(H,48,54)(H,49,52,55)/b7-6+. The summed E-state index contributed by atoms with van der Waals surface area (Å²) in [4.78, 5) is 82.4. The predicted molar refractivity (Wildman–Crippen MR) is 224 cm³/mol. The lowest BCUT2D eigenvalue weighted by Crippen LogP contribution is -2.54. The van der Waals surface area contributed by atoms with Crippen molar-refractivity contribution in [1.29, 1.82) is 0 Å². The van der Waals surface area contributed by atoms with Crippen molar-refractivity contribution in [2.24, 2.45) is 11.3 Å². The van der Waals surface area contributed by atoms with Crippen LogP contribution in [-0.4, -0.2) is 123 Å². The number of nitrogens with zero attached hydrogens (tertiary/aromatic N) is 3. The number of imide groups is 2. The molecule has 1 spiro atoms. The third-order valence-corrected chi connectivity index (χ3v) is 11.7. The van der Waals surface area contributed by atoms with Crippen molar-refractivity contribution in [1.82, 2.24) is 25.4 Å². The van der Waals surface area contributed by atoms with E-state index in [1.165, 1.54) is 37.8 Å². The van der Waals surface area contributed by atoms with E-state index in [0.717, 1.165) is 21.6 Å². The molecule has 0 bridgehead atoms. The number of likely N-dealkylation sites (N-methyl/N-ethyl adjacent to an activating group) is 1. The van der Waals surface area contributed by atoms with Gasteiger partial charge in [-0.1, -0.05) is 36.4 Å². The molecule has 2 aromatic carbocycles. The highest BCUT2D eigenvalue weighted by Crippen LogP contribution is 2.63. The molecule has 6 amide bonds. The monoisotopic (exact) mass is 851 g/mol. The summed E-state index contributed by atoms with van der Waals surface area (Å²) in [5.41, 5.74) is 3.80. The lowest BCUT2D eigenvalue weighted by molar-refractivity contribution is -0.136. The van der Waals surface area contributed by atoms with Gasteiger partial charge in [0.2, 0.25) is 17.7 Å². The highest BCUT2D eigenvalue weighted by Gasteiger charge is 2.51. The fourth-order valence-electron chi connectivity index (χ4n) is 7.96. The zero-order chi connectivity index (χ0) is 43.6.